The molecule has 7 nitrogen and oxygen atoms in total. The smallest absolute Gasteiger partial charge is 0.353 e. The van der Waals surface area contributed by atoms with Crippen LogP contribution >= 0.6 is 0 Å². The number of amides is 2. The lowest BCUT2D eigenvalue weighted by molar-refractivity contribution is 0.137. The molecule has 1 aliphatic heterocycles. The minimum absolute atomic E-state index is 0.139. The maximum Gasteiger partial charge on any atom is 0.353 e. The Hall–Kier alpha value is -1.25. The first-order chi connectivity index (χ1) is 10.3. The molecule has 0 radical (unpaired) electrons. The average Bonchev–Trinajstić information content (AvgIpc) is 2.48. The molecule has 0 fully saturated rings. The van der Waals surface area contributed by atoms with Crippen LogP contribution in [0.1, 0.15) is 26.7 Å². The molecule has 0 saturated heterocycles. The highest BCUT2D eigenvalue weighted by molar-refractivity contribution is 7.94. The monoisotopic (exact) mass is 330 g/mol. The highest BCUT2D eigenvalue weighted by Gasteiger charge is 2.24. The van der Waals surface area contributed by atoms with Crippen molar-refractivity contribution >= 4 is 23.6 Å². The van der Waals surface area contributed by atoms with E-state index < -0.39 is 17.4 Å². The van der Waals surface area contributed by atoms with Crippen molar-refractivity contribution in [1.82, 2.24) is 9.62 Å². The normalized spacial score (nSPS) is 29.0. The van der Waals surface area contributed by atoms with Gasteiger partial charge in [0.05, 0.1) is 18.9 Å². The molecule has 0 aliphatic carbocycles. The third-order valence-electron chi connectivity index (χ3n) is 3.38. The van der Waals surface area contributed by atoms with E-state index in [4.69, 9.17) is 10.5 Å². The number of nitrogens with two attached hydrogens (primary N) is 1. The van der Waals surface area contributed by atoms with Gasteiger partial charge in [0.25, 0.3) is 0 Å². The topological polar surface area (TPSA) is 103 Å². The summed E-state index contributed by atoms with van der Waals surface area (Å²) in [6, 6.07) is -0.704. The summed E-state index contributed by atoms with van der Waals surface area (Å²) in [6.07, 6.45) is 3.33. The molecule has 0 aromatic carbocycles. The lowest BCUT2D eigenvalue weighted by Crippen LogP contribution is -2.36. The van der Waals surface area contributed by atoms with E-state index >= 15 is 0 Å². The highest BCUT2D eigenvalue weighted by Crippen LogP contribution is 2.20. The summed E-state index contributed by atoms with van der Waals surface area (Å²) in [4.78, 5) is 17.9. The van der Waals surface area contributed by atoms with E-state index in [0.717, 1.165) is 19.4 Å². The molecule has 1 aliphatic rings. The standard InChI is InChI=1S/C14H26N4O3S/c1-5-12-6-11(8-18(3)4)9-21-10(2)13(7-16-12)22(20)17-14(15)19/h7,11-12H,5-6,8-9H2,1-4H3,(H3,15,17,19)/b13-10-,16-7-/t11-,12?,22?/m0/s1. The Bertz CT molecular complexity index is 440. The van der Waals surface area contributed by atoms with Gasteiger partial charge in [0.1, 0.15) is 11.4 Å². The molecule has 0 bridgehead atoms. The third-order valence-corrected chi connectivity index (χ3v) is 4.56. The van der Waals surface area contributed by atoms with Gasteiger partial charge in [-0.3, -0.25) is 4.99 Å². The fraction of sp³-hybridized carbons (Fsp3) is 0.714. The van der Waals surface area contributed by atoms with Crippen molar-refractivity contribution in [2.24, 2.45) is 16.6 Å². The van der Waals surface area contributed by atoms with Gasteiger partial charge in [-0.25, -0.2) is 4.79 Å². The van der Waals surface area contributed by atoms with Crippen molar-refractivity contribution in [2.75, 3.05) is 27.2 Å². The summed E-state index contributed by atoms with van der Waals surface area (Å²) in [5, 5.41) is 0. The van der Waals surface area contributed by atoms with Crippen LogP contribution in [0.3, 0.4) is 0 Å². The number of urea groups is 1. The summed E-state index contributed by atoms with van der Waals surface area (Å²) in [5.41, 5.74) is 5.02. The van der Waals surface area contributed by atoms with Crippen LogP contribution in [0.15, 0.2) is 15.7 Å². The molecule has 126 valence electrons. The second-order valence-electron chi connectivity index (χ2n) is 5.67. The summed E-state index contributed by atoms with van der Waals surface area (Å²) < 4.78 is 20.0. The molecule has 22 heavy (non-hydrogen) atoms. The summed E-state index contributed by atoms with van der Waals surface area (Å²) in [6.45, 7) is 5.22. The molecular weight excluding hydrogens is 304 g/mol. The fourth-order valence-electron chi connectivity index (χ4n) is 2.33. The highest BCUT2D eigenvalue weighted by atomic mass is 32.2. The van der Waals surface area contributed by atoms with E-state index in [2.05, 4.69) is 21.5 Å². The maximum absolute atomic E-state index is 12.1. The second kappa shape index (κ2) is 9.02. The Morgan fingerprint density at radius 2 is 2.32 bits per heavy atom. The molecule has 0 spiro atoms. The van der Waals surface area contributed by atoms with Gasteiger partial charge in [-0.1, -0.05) is 6.92 Å². The van der Waals surface area contributed by atoms with Crippen LogP contribution in [-0.2, 0) is 16.1 Å². The number of hydrogen-bond acceptors (Lipinski definition) is 5. The van der Waals surface area contributed by atoms with Crippen LogP contribution in [0, 0.1) is 5.92 Å². The van der Waals surface area contributed by atoms with E-state index in [0.29, 0.717) is 23.2 Å². The average molecular weight is 330 g/mol. The van der Waals surface area contributed by atoms with Crippen LogP contribution in [0.25, 0.3) is 0 Å². The number of primary amides is 1. The van der Waals surface area contributed by atoms with E-state index in [1.54, 1.807) is 6.92 Å². The van der Waals surface area contributed by atoms with Crippen molar-refractivity contribution in [3.8, 4) is 0 Å². The molecule has 3 N–H and O–H groups in total. The van der Waals surface area contributed by atoms with Gasteiger partial charge >= 0.3 is 6.03 Å². The Balaban J connectivity index is 2.95. The number of hydrogen-bond donors (Lipinski definition) is 2. The van der Waals surface area contributed by atoms with Gasteiger partial charge in [-0.15, -0.1) is 4.72 Å². The molecular formula is C14H26N4O3S. The Morgan fingerprint density at radius 3 is 2.86 bits per heavy atom. The van der Waals surface area contributed by atoms with Crippen LogP contribution < -0.4 is 10.5 Å². The fourth-order valence-corrected chi connectivity index (χ4v) is 3.10. The zero-order valence-corrected chi connectivity index (χ0v) is 14.5. The van der Waals surface area contributed by atoms with Crippen LogP contribution in [0.5, 0.6) is 0 Å². The maximum atomic E-state index is 12.1. The van der Waals surface area contributed by atoms with E-state index in [-0.39, 0.29) is 6.04 Å². The van der Waals surface area contributed by atoms with E-state index in [1.807, 2.05) is 14.1 Å². The van der Waals surface area contributed by atoms with Crippen LogP contribution in [0.2, 0.25) is 0 Å². The number of allylic oxidation sites excluding steroid dienone is 2. The Labute approximate surface area is 135 Å². The molecule has 2 amide bonds. The molecule has 3 atom stereocenters. The van der Waals surface area contributed by atoms with E-state index in [9.17, 15) is 9.35 Å². The van der Waals surface area contributed by atoms with E-state index in [1.165, 1.54) is 6.21 Å². The molecule has 0 aromatic heterocycles. The first-order valence-corrected chi connectivity index (χ1v) is 8.47. The van der Waals surface area contributed by atoms with Crippen LogP contribution in [0.4, 0.5) is 4.79 Å². The first-order valence-electron chi connectivity index (χ1n) is 7.32. The van der Waals surface area contributed by atoms with Gasteiger partial charge in [0, 0.05) is 12.5 Å². The molecule has 0 aromatic rings. The predicted molar refractivity (Wildman–Crippen MR) is 88.7 cm³/mol. The summed E-state index contributed by atoms with van der Waals surface area (Å²) in [5.74, 6) is 0.834. The van der Waals surface area contributed by atoms with Crippen molar-refractivity contribution in [1.29, 1.82) is 0 Å². The Kier molecular flexibility index (Phi) is 7.70. The predicted octanol–water partition coefficient (Wildman–Crippen LogP) is 0.997. The molecule has 8 heteroatoms. The lowest BCUT2D eigenvalue weighted by Gasteiger charge is -2.23. The SMILES string of the molecule is CCC1C[C@@H](CN(C)C)CO/C(C)=C([S+]([O-])NC(N)=O)/C=N\1. The van der Waals surface area contributed by atoms with Gasteiger partial charge in [-0.05, 0) is 33.9 Å². The number of aliphatic imine (C=N–C) groups is 1. The van der Waals surface area contributed by atoms with Crippen molar-refractivity contribution < 1.29 is 14.1 Å². The van der Waals surface area contributed by atoms with Crippen LogP contribution in [-0.4, -0.2) is 55.0 Å². The third kappa shape index (κ3) is 6.25. The molecule has 1 rings (SSSR count). The second-order valence-corrected chi connectivity index (χ2v) is 6.85. The minimum Gasteiger partial charge on any atom is -0.588 e. The zero-order valence-electron chi connectivity index (χ0n) is 13.7. The number of carbonyl (C=O) groups excluding carboxylic acids is 1. The van der Waals surface area contributed by atoms with Gasteiger partial charge in [-0.2, -0.15) is 0 Å². The zero-order chi connectivity index (χ0) is 16.7. The quantitative estimate of drug-likeness (QED) is 0.734. The molecule has 1 heterocycles. The summed E-state index contributed by atoms with van der Waals surface area (Å²) in [7, 11) is 4.05. The number of nitrogens with zero attached hydrogens (tertiary/aromatic N) is 2. The van der Waals surface area contributed by atoms with Crippen molar-refractivity contribution in [3.63, 3.8) is 0 Å². The number of ether oxygens (including phenoxy) is 1. The van der Waals surface area contributed by atoms with Crippen molar-refractivity contribution in [3.05, 3.63) is 10.7 Å². The molecule has 2 unspecified atom stereocenters. The van der Waals surface area contributed by atoms with Gasteiger partial charge in [0.2, 0.25) is 4.91 Å². The van der Waals surface area contributed by atoms with Crippen molar-refractivity contribution in [2.45, 2.75) is 32.7 Å². The number of nitrogens with one attached hydrogen (secondary N) is 1. The molecule has 0 saturated carbocycles. The number of rotatable bonds is 5. The first kappa shape index (κ1) is 18.8. The largest absolute Gasteiger partial charge is 0.588 e. The Morgan fingerprint density at radius 1 is 1.64 bits per heavy atom. The lowest BCUT2D eigenvalue weighted by atomic mass is 9.99. The van der Waals surface area contributed by atoms with Gasteiger partial charge in [0.15, 0.2) is 5.76 Å². The minimum atomic E-state index is -1.76. The number of carbonyl (C=O) groups is 1. The van der Waals surface area contributed by atoms with Gasteiger partial charge < -0.3 is 19.9 Å². The summed E-state index contributed by atoms with van der Waals surface area (Å²) >= 11 is -1.76.